The third-order valence-electron chi connectivity index (χ3n) is 3.16. The second-order valence-corrected chi connectivity index (χ2v) is 5.70. The predicted molar refractivity (Wildman–Crippen MR) is 93.0 cm³/mol. The van der Waals surface area contributed by atoms with Crippen molar-refractivity contribution in [1.29, 1.82) is 0 Å². The Morgan fingerprint density at radius 3 is 2.33 bits per heavy atom. The number of nitrogens with zero attached hydrogens (tertiary/aromatic N) is 1. The monoisotopic (exact) mass is 385 g/mol. The van der Waals surface area contributed by atoms with Crippen LogP contribution >= 0.6 is 15.9 Å². The molecule has 0 saturated carbocycles. The van der Waals surface area contributed by atoms with Crippen molar-refractivity contribution in [2.75, 3.05) is 10.6 Å². The zero-order chi connectivity index (χ0) is 16.9. The van der Waals surface area contributed by atoms with E-state index in [1.807, 2.05) is 6.07 Å². The molecule has 0 saturated heterocycles. The lowest BCUT2D eigenvalue weighted by atomic mass is 10.2. The van der Waals surface area contributed by atoms with Gasteiger partial charge in [0.1, 0.15) is 6.26 Å². The first-order valence-electron chi connectivity index (χ1n) is 6.99. The highest BCUT2D eigenvalue weighted by Gasteiger charge is 2.11. The topological polar surface area (TPSA) is 84.2 Å². The molecule has 0 unspecified atom stereocenters. The van der Waals surface area contributed by atoms with Crippen molar-refractivity contribution in [3.8, 4) is 0 Å². The Hall–Kier alpha value is -2.93. The lowest BCUT2D eigenvalue weighted by molar-refractivity contribution is 0.101. The highest BCUT2D eigenvalue weighted by Crippen LogP contribution is 2.20. The summed E-state index contributed by atoms with van der Waals surface area (Å²) in [6, 6.07) is 14.0. The summed E-state index contributed by atoms with van der Waals surface area (Å²) in [6.07, 6.45) is 2.44. The lowest BCUT2D eigenvalue weighted by Gasteiger charge is -2.09. The van der Waals surface area contributed by atoms with Crippen molar-refractivity contribution in [3.05, 3.63) is 76.9 Å². The molecule has 1 heterocycles. The largest absolute Gasteiger partial charge is 0.451 e. The Labute approximate surface area is 146 Å². The number of anilines is 2. The lowest BCUT2D eigenvalue weighted by Crippen LogP contribution is -2.14. The fourth-order valence-corrected chi connectivity index (χ4v) is 2.50. The quantitative estimate of drug-likeness (QED) is 0.712. The van der Waals surface area contributed by atoms with Crippen molar-refractivity contribution >= 4 is 39.1 Å². The molecule has 2 aromatic carbocycles. The molecule has 3 aromatic rings. The molecule has 2 N–H and O–H groups in total. The molecule has 6 nitrogen and oxygen atoms in total. The van der Waals surface area contributed by atoms with Gasteiger partial charge in [-0.15, -0.1) is 0 Å². The van der Waals surface area contributed by atoms with Crippen LogP contribution in [0.1, 0.15) is 20.8 Å². The van der Waals surface area contributed by atoms with Gasteiger partial charge in [0, 0.05) is 15.8 Å². The highest BCUT2D eigenvalue weighted by atomic mass is 79.9. The van der Waals surface area contributed by atoms with Crippen LogP contribution in [0.15, 0.2) is 70.1 Å². The van der Waals surface area contributed by atoms with Crippen LogP contribution in [0.25, 0.3) is 0 Å². The van der Waals surface area contributed by atoms with Gasteiger partial charge in [0.15, 0.2) is 12.1 Å². The molecule has 0 bridgehead atoms. The minimum atomic E-state index is -0.391. The number of hydrogen-bond donors (Lipinski definition) is 2. The molecule has 0 radical (unpaired) electrons. The van der Waals surface area contributed by atoms with E-state index in [1.165, 1.54) is 12.7 Å². The summed E-state index contributed by atoms with van der Waals surface area (Å²) in [5.74, 6) is -0.638. The van der Waals surface area contributed by atoms with Crippen LogP contribution in [0.2, 0.25) is 0 Å². The normalized spacial score (nSPS) is 10.2. The number of aromatic nitrogens is 1. The fraction of sp³-hybridized carbons (Fsp3) is 0. The number of carbonyl (C=O) groups excluding carboxylic acids is 2. The summed E-state index contributed by atoms with van der Waals surface area (Å²) < 4.78 is 5.48. The Balaban J connectivity index is 1.72. The van der Waals surface area contributed by atoms with Crippen LogP contribution in [0.5, 0.6) is 0 Å². The number of carbonyl (C=O) groups is 2. The van der Waals surface area contributed by atoms with E-state index in [1.54, 1.807) is 42.5 Å². The fourth-order valence-electron chi connectivity index (χ4n) is 2.04. The average molecular weight is 386 g/mol. The Morgan fingerprint density at radius 1 is 0.958 bits per heavy atom. The van der Waals surface area contributed by atoms with E-state index in [4.69, 9.17) is 4.42 Å². The first kappa shape index (κ1) is 15.9. The molecule has 0 aliphatic heterocycles. The maximum atomic E-state index is 12.3. The SMILES string of the molecule is O=C(Nc1cccc(NC(=O)c2ccccc2Br)c1)c1cocn1. The third kappa shape index (κ3) is 3.69. The smallest absolute Gasteiger partial charge is 0.277 e. The van der Waals surface area contributed by atoms with Gasteiger partial charge < -0.3 is 15.1 Å². The van der Waals surface area contributed by atoms with Gasteiger partial charge in [-0.25, -0.2) is 4.98 Å². The molecular weight excluding hydrogens is 374 g/mol. The minimum absolute atomic E-state index is 0.178. The van der Waals surface area contributed by atoms with Gasteiger partial charge in [0.25, 0.3) is 11.8 Å². The zero-order valence-corrected chi connectivity index (χ0v) is 13.9. The number of nitrogens with one attached hydrogen (secondary N) is 2. The van der Waals surface area contributed by atoms with Gasteiger partial charge in [-0.1, -0.05) is 18.2 Å². The molecule has 0 fully saturated rings. The Bertz CT molecular complexity index is 878. The molecule has 0 aliphatic rings. The van der Waals surface area contributed by atoms with E-state index < -0.39 is 5.91 Å². The van der Waals surface area contributed by atoms with Crippen molar-refractivity contribution in [2.45, 2.75) is 0 Å². The summed E-state index contributed by atoms with van der Waals surface area (Å²) in [5, 5.41) is 5.48. The molecule has 3 rings (SSSR count). The van der Waals surface area contributed by atoms with Gasteiger partial charge in [0.05, 0.1) is 5.56 Å². The van der Waals surface area contributed by atoms with E-state index in [0.29, 0.717) is 21.4 Å². The summed E-state index contributed by atoms with van der Waals surface area (Å²) in [5.41, 5.74) is 1.80. The number of halogens is 1. The summed E-state index contributed by atoms with van der Waals surface area (Å²) >= 11 is 3.35. The maximum absolute atomic E-state index is 12.3. The first-order valence-corrected chi connectivity index (χ1v) is 7.78. The van der Waals surface area contributed by atoms with Crippen molar-refractivity contribution in [1.82, 2.24) is 4.98 Å². The molecular formula is C17H12BrN3O3. The van der Waals surface area contributed by atoms with E-state index >= 15 is 0 Å². The van der Waals surface area contributed by atoms with Crippen molar-refractivity contribution < 1.29 is 14.0 Å². The number of oxazole rings is 1. The van der Waals surface area contributed by atoms with E-state index in [-0.39, 0.29) is 11.6 Å². The van der Waals surface area contributed by atoms with Gasteiger partial charge in [0.2, 0.25) is 0 Å². The molecule has 120 valence electrons. The Morgan fingerprint density at radius 2 is 1.67 bits per heavy atom. The number of benzene rings is 2. The van der Waals surface area contributed by atoms with Gasteiger partial charge >= 0.3 is 0 Å². The molecule has 1 aromatic heterocycles. The van der Waals surface area contributed by atoms with E-state index in [9.17, 15) is 9.59 Å². The summed E-state index contributed by atoms with van der Waals surface area (Å²) in [7, 11) is 0. The molecule has 0 atom stereocenters. The van der Waals surface area contributed by atoms with Gasteiger partial charge in [-0.3, -0.25) is 9.59 Å². The number of rotatable bonds is 4. The number of hydrogen-bond acceptors (Lipinski definition) is 4. The Kier molecular flexibility index (Phi) is 4.72. The highest BCUT2D eigenvalue weighted by molar-refractivity contribution is 9.10. The molecule has 0 spiro atoms. The summed E-state index contributed by atoms with van der Waals surface area (Å²) in [6.45, 7) is 0. The van der Waals surface area contributed by atoms with Crippen molar-refractivity contribution in [3.63, 3.8) is 0 Å². The molecule has 2 amide bonds. The predicted octanol–water partition coefficient (Wildman–Crippen LogP) is 3.94. The second kappa shape index (κ2) is 7.10. The van der Waals surface area contributed by atoms with Crippen LogP contribution in [-0.2, 0) is 0 Å². The molecule has 7 heteroatoms. The summed E-state index contributed by atoms with van der Waals surface area (Å²) in [4.78, 5) is 28.0. The average Bonchev–Trinajstić information content (AvgIpc) is 3.10. The molecule has 24 heavy (non-hydrogen) atoms. The van der Waals surface area contributed by atoms with Crippen LogP contribution in [0, 0.1) is 0 Å². The van der Waals surface area contributed by atoms with Gasteiger partial charge in [-0.05, 0) is 46.3 Å². The van der Waals surface area contributed by atoms with Crippen LogP contribution in [0.3, 0.4) is 0 Å². The standard InChI is InChI=1S/C17H12BrN3O3/c18-14-7-2-1-6-13(14)16(22)20-11-4-3-5-12(8-11)21-17(23)15-9-24-10-19-15/h1-10H,(H,20,22)(H,21,23). The third-order valence-corrected chi connectivity index (χ3v) is 3.85. The second-order valence-electron chi connectivity index (χ2n) is 4.84. The molecule has 0 aliphatic carbocycles. The van der Waals surface area contributed by atoms with Crippen LogP contribution in [-0.4, -0.2) is 16.8 Å². The van der Waals surface area contributed by atoms with Crippen LogP contribution in [0.4, 0.5) is 11.4 Å². The maximum Gasteiger partial charge on any atom is 0.277 e. The number of amides is 2. The van der Waals surface area contributed by atoms with Crippen molar-refractivity contribution in [2.24, 2.45) is 0 Å². The zero-order valence-electron chi connectivity index (χ0n) is 12.3. The van der Waals surface area contributed by atoms with E-state index in [0.717, 1.165) is 0 Å². The van der Waals surface area contributed by atoms with E-state index in [2.05, 4.69) is 31.5 Å². The first-order chi connectivity index (χ1) is 11.6. The minimum Gasteiger partial charge on any atom is -0.451 e. The van der Waals surface area contributed by atoms with Crippen LogP contribution < -0.4 is 10.6 Å². The van der Waals surface area contributed by atoms with Gasteiger partial charge in [-0.2, -0.15) is 0 Å².